The van der Waals surface area contributed by atoms with Crippen LogP contribution in [-0.4, -0.2) is 35.6 Å². The van der Waals surface area contributed by atoms with E-state index in [0.717, 1.165) is 0 Å². The zero-order valence-corrected chi connectivity index (χ0v) is 14.9. The minimum absolute atomic E-state index is 0.00614. The van der Waals surface area contributed by atoms with Gasteiger partial charge in [-0.3, -0.25) is 14.5 Å². The number of ether oxygens (including phenoxy) is 1. The van der Waals surface area contributed by atoms with Gasteiger partial charge in [-0.15, -0.1) is 10.2 Å². The molecular weight excluding hydrogens is 371 g/mol. The topological polar surface area (TPSA) is 83.4 Å². The smallest absolute Gasteiger partial charge is 0.276 e. The normalized spacial score (nSPS) is 19.0. The van der Waals surface area contributed by atoms with Gasteiger partial charge in [0.05, 0.1) is 24.2 Å². The van der Waals surface area contributed by atoms with E-state index < -0.39 is 11.7 Å². The van der Waals surface area contributed by atoms with Crippen LogP contribution in [0.1, 0.15) is 5.56 Å². The molecule has 1 saturated heterocycles. The van der Waals surface area contributed by atoms with Gasteiger partial charge < -0.3 is 10.1 Å². The molecule has 0 aromatic heterocycles. The van der Waals surface area contributed by atoms with E-state index in [1.165, 1.54) is 34.9 Å². The van der Waals surface area contributed by atoms with Crippen molar-refractivity contribution in [2.75, 3.05) is 23.1 Å². The minimum atomic E-state index is -0.476. The molecule has 2 aliphatic rings. The number of benzene rings is 2. The lowest BCUT2D eigenvalue weighted by Crippen LogP contribution is -2.29. The van der Waals surface area contributed by atoms with Gasteiger partial charge in [-0.05, 0) is 42.5 Å². The maximum absolute atomic E-state index is 13.5. The molecule has 27 heavy (non-hydrogen) atoms. The van der Waals surface area contributed by atoms with E-state index in [4.69, 9.17) is 4.74 Å². The SMILES string of the molecule is COc1ccc(N2C(=O)CSC2=NN=C2C(=O)Nc3ccc(F)cc32)cc1. The molecule has 9 heteroatoms. The summed E-state index contributed by atoms with van der Waals surface area (Å²) in [7, 11) is 1.56. The van der Waals surface area contributed by atoms with E-state index in [1.807, 2.05) is 0 Å². The van der Waals surface area contributed by atoms with Crippen molar-refractivity contribution in [3.05, 3.63) is 53.8 Å². The molecule has 2 aliphatic heterocycles. The highest BCUT2D eigenvalue weighted by Gasteiger charge is 2.31. The largest absolute Gasteiger partial charge is 0.497 e. The molecule has 0 spiro atoms. The Morgan fingerprint density at radius 2 is 1.93 bits per heavy atom. The third-order valence-corrected chi connectivity index (χ3v) is 4.95. The Bertz CT molecular complexity index is 1000. The molecule has 7 nitrogen and oxygen atoms in total. The Hall–Kier alpha value is -3.20. The fourth-order valence-corrected chi connectivity index (χ4v) is 3.56. The van der Waals surface area contributed by atoms with Gasteiger partial charge in [-0.1, -0.05) is 11.8 Å². The van der Waals surface area contributed by atoms with Crippen molar-refractivity contribution in [3.63, 3.8) is 0 Å². The van der Waals surface area contributed by atoms with Crippen LogP contribution in [0.25, 0.3) is 0 Å². The van der Waals surface area contributed by atoms with Gasteiger partial charge in [-0.25, -0.2) is 4.39 Å². The van der Waals surface area contributed by atoms with Crippen molar-refractivity contribution in [2.45, 2.75) is 0 Å². The Kier molecular flexibility index (Phi) is 4.36. The minimum Gasteiger partial charge on any atom is -0.497 e. The lowest BCUT2D eigenvalue weighted by atomic mass is 10.1. The van der Waals surface area contributed by atoms with Gasteiger partial charge in [0.25, 0.3) is 5.91 Å². The van der Waals surface area contributed by atoms with Crippen LogP contribution in [0.3, 0.4) is 0 Å². The summed E-state index contributed by atoms with van der Waals surface area (Å²) in [5, 5.41) is 11.0. The standard InChI is InChI=1S/C18H13FN4O3S/c1-26-12-5-3-11(4-6-12)23-15(24)9-27-18(23)22-21-16-13-8-10(19)2-7-14(13)20-17(16)25/h2-8H,9H2,1H3,(H,20,21,25). The predicted octanol–water partition coefficient (Wildman–Crippen LogP) is 2.63. The summed E-state index contributed by atoms with van der Waals surface area (Å²) in [6.45, 7) is 0. The second-order valence-electron chi connectivity index (χ2n) is 5.69. The average molecular weight is 384 g/mol. The number of amides is 2. The van der Waals surface area contributed by atoms with Crippen LogP contribution in [0.2, 0.25) is 0 Å². The number of carbonyl (C=O) groups excluding carboxylic acids is 2. The van der Waals surface area contributed by atoms with Gasteiger partial charge in [0, 0.05) is 5.56 Å². The number of hydrogen-bond acceptors (Lipinski definition) is 6. The molecule has 2 amide bonds. The summed E-state index contributed by atoms with van der Waals surface area (Å²) in [6, 6.07) is 10.9. The number of methoxy groups -OCH3 is 1. The molecule has 4 rings (SSSR count). The van der Waals surface area contributed by atoms with Gasteiger partial charge in [0.15, 0.2) is 10.9 Å². The van der Waals surface area contributed by atoms with Crippen molar-refractivity contribution >= 4 is 45.8 Å². The van der Waals surface area contributed by atoms with Crippen molar-refractivity contribution in [3.8, 4) is 5.75 Å². The van der Waals surface area contributed by atoms with Crippen LogP contribution in [0.4, 0.5) is 15.8 Å². The van der Waals surface area contributed by atoms with Gasteiger partial charge in [0.2, 0.25) is 5.91 Å². The van der Waals surface area contributed by atoms with Crippen LogP contribution in [-0.2, 0) is 9.59 Å². The fourth-order valence-electron chi connectivity index (χ4n) is 2.74. The maximum Gasteiger partial charge on any atom is 0.276 e. The molecule has 0 aliphatic carbocycles. The number of amidine groups is 1. The molecule has 0 unspecified atom stereocenters. The Morgan fingerprint density at radius 1 is 1.15 bits per heavy atom. The predicted molar refractivity (Wildman–Crippen MR) is 102 cm³/mol. The van der Waals surface area contributed by atoms with E-state index in [1.54, 1.807) is 31.4 Å². The molecule has 1 N–H and O–H groups in total. The zero-order valence-electron chi connectivity index (χ0n) is 14.1. The molecule has 2 aromatic carbocycles. The average Bonchev–Trinajstić information content (AvgIpc) is 3.19. The summed E-state index contributed by atoms with van der Waals surface area (Å²) in [6.07, 6.45) is 0. The molecule has 1 fully saturated rings. The molecule has 0 saturated carbocycles. The first-order chi connectivity index (χ1) is 13.1. The summed E-state index contributed by atoms with van der Waals surface area (Å²) in [5.41, 5.74) is 1.44. The van der Waals surface area contributed by atoms with Crippen molar-refractivity contribution in [1.82, 2.24) is 0 Å². The van der Waals surface area contributed by atoms with Crippen molar-refractivity contribution in [1.29, 1.82) is 0 Å². The molecular formula is C18H13FN4O3S. The van der Waals surface area contributed by atoms with E-state index >= 15 is 0 Å². The number of nitrogens with zero attached hydrogens (tertiary/aromatic N) is 3. The molecule has 0 atom stereocenters. The van der Waals surface area contributed by atoms with Gasteiger partial charge >= 0.3 is 0 Å². The van der Waals surface area contributed by atoms with E-state index in [9.17, 15) is 14.0 Å². The number of carbonyl (C=O) groups is 2. The first-order valence-electron chi connectivity index (χ1n) is 7.93. The number of hydrogen-bond donors (Lipinski definition) is 1. The number of halogens is 1. The van der Waals surface area contributed by atoms with E-state index in [-0.39, 0.29) is 17.4 Å². The first kappa shape index (κ1) is 17.2. The van der Waals surface area contributed by atoms with Crippen LogP contribution < -0.4 is 15.0 Å². The third kappa shape index (κ3) is 3.17. The highest BCUT2D eigenvalue weighted by Crippen LogP contribution is 2.29. The van der Waals surface area contributed by atoms with Gasteiger partial charge in [-0.2, -0.15) is 0 Å². The highest BCUT2D eigenvalue weighted by molar-refractivity contribution is 8.15. The second-order valence-corrected chi connectivity index (χ2v) is 6.63. The van der Waals surface area contributed by atoms with Gasteiger partial charge in [0.1, 0.15) is 11.6 Å². The summed E-state index contributed by atoms with van der Waals surface area (Å²) in [5.74, 6) is -0.210. The number of thioether (sulfide) groups is 1. The van der Waals surface area contributed by atoms with Crippen LogP contribution in [0.5, 0.6) is 5.75 Å². The Balaban J connectivity index is 1.68. The van der Waals surface area contributed by atoms with Crippen LogP contribution in [0, 0.1) is 5.82 Å². The number of anilines is 2. The van der Waals surface area contributed by atoms with E-state index in [0.29, 0.717) is 27.9 Å². The highest BCUT2D eigenvalue weighted by atomic mass is 32.2. The molecule has 2 heterocycles. The monoisotopic (exact) mass is 384 g/mol. The summed E-state index contributed by atoms with van der Waals surface area (Å²) in [4.78, 5) is 25.8. The number of nitrogens with one attached hydrogen (secondary N) is 1. The number of rotatable bonds is 3. The Labute approximate surface area is 157 Å². The summed E-state index contributed by atoms with van der Waals surface area (Å²) < 4.78 is 18.6. The first-order valence-corrected chi connectivity index (χ1v) is 8.92. The van der Waals surface area contributed by atoms with E-state index in [2.05, 4.69) is 15.5 Å². The lowest BCUT2D eigenvalue weighted by molar-refractivity contribution is -0.115. The number of fused-ring (bicyclic) bond motifs is 1. The Morgan fingerprint density at radius 3 is 2.67 bits per heavy atom. The fraction of sp³-hybridized carbons (Fsp3) is 0.111. The second kappa shape index (κ2) is 6.84. The van der Waals surface area contributed by atoms with Crippen LogP contribution >= 0.6 is 11.8 Å². The van der Waals surface area contributed by atoms with Crippen molar-refractivity contribution < 1.29 is 18.7 Å². The molecule has 0 bridgehead atoms. The summed E-state index contributed by atoms with van der Waals surface area (Å²) >= 11 is 1.21. The zero-order chi connectivity index (χ0) is 19.0. The lowest BCUT2D eigenvalue weighted by Gasteiger charge is -2.15. The molecule has 136 valence electrons. The molecule has 0 radical (unpaired) electrons. The van der Waals surface area contributed by atoms with Crippen molar-refractivity contribution in [2.24, 2.45) is 10.2 Å². The van der Waals surface area contributed by atoms with Crippen LogP contribution in [0.15, 0.2) is 52.7 Å². The molecule has 2 aromatic rings. The maximum atomic E-state index is 13.5. The quantitative estimate of drug-likeness (QED) is 0.825. The third-order valence-electron chi connectivity index (χ3n) is 4.03.